The molecule has 0 radical (unpaired) electrons. The molecule has 4 aliphatic carbocycles. The molecule has 0 spiro atoms. The van der Waals surface area contributed by atoms with Gasteiger partial charge < -0.3 is 5.73 Å². The van der Waals surface area contributed by atoms with Crippen molar-refractivity contribution in [2.75, 3.05) is 6.54 Å². The summed E-state index contributed by atoms with van der Waals surface area (Å²) in [4.78, 5) is 12.5. The van der Waals surface area contributed by atoms with Crippen molar-refractivity contribution in [1.82, 2.24) is 0 Å². The van der Waals surface area contributed by atoms with Crippen LogP contribution in [0, 0.1) is 40.4 Å². The maximum absolute atomic E-state index is 12.5. The Morgan fingerprint density at radius 2 is 1.92 bits per heavy atom. The van der Waals surface area contributed by atoms with Crippen LogP contribution in [-0.2, 0) is 4.79 Å². The molecule has 2 nitrogen and oxygen atoms in total. The van der Waals surface area contributed by atoms with E-state index in [1.165, 1.54) is 51.4 Å². The van der Waals surface area contributed by atoms with Crippen LogP contribution in [0.25, 0.3) is 0 Å². The monoisotopic (exact) mass is 357 g/mol. The molecule has 0 heterocycles. The van der Waals surface area contributed by atoms with Crippen molar-refractivity contribution in [3.8, 4) is 0 Å². The first-order valence-electron chi connectivity index (χ1n) is 11.4. The predicted molar refractivity (Wildman–Crippen MR) is 108 cm³/mol. The first kappa shape index (κ1) is 18.7. The summed E-state index contributed by atoms with van der Waals surface area (Å²) in [6.45, 7) is 5.74. The molecule has 0 saturated heterocycles. The van der Waals surface area contributed by atoms with Gasteiger partial charge in [0.05, 0.1) is 0 Å². The Balaban J connectivity index is 1.46. The van der Waals surface area contributed by atoms with Crippen molar-refractivity contribution < 1.29 is 4.79 Å². The molecule has 0 bridgehead atoms. The van der Waals surface area contributed by atoms with E-state index in [0.29, 0.717) is 17.1 Å². The van der Waals surface area contributed by atoms with E-state index >= 15 is 0 Å². The molecular weight excluding hydrogens is 318 g/mol. The van der Waals surface area contributed by atoms with Gasteiger partial charge >= 0.3 is 0 Å². The number of carbonyl (C=O) groups excluding carboxylic acids is 1. The lowest BCUT2D eigenvalue weighted by molar-refractivity contribution is -0.139. The lowest BCUT2D eigenvalue weighted by Gasteiger charge is -2.60. The molecule has 0 amide bonds. The fourth-order valence-electron chi connectivity index (χ4n) is 7.76. The lowest BCUT2D eigenvalue weighted by atomic mass is 9.44. The van der Waals surface area contributed by atoms with E-state index in [1.807, 2.05) is 0 Å². The highest BCUT2D eigenvalue weighted by Gasteiger charge is 2.59. The van der Waals surface area contributed by atoms with E-state index in [2.05, 4.69) is 26.0 Å². The maximum Gasteiger partial charge on any atom is 0.139 e. The molecule has 26 heavy (non-hydrogen) atoms. The van der Waals surface area contributed by atoms with Crippen LogP contribution in [0.2, 0.25) is 0 Å². The van der Waals surface area contributed by atoms with Gasteiger partial charge in [-0.05, 0) is 106 Å². The third-order valence-corrected chi connectivity index (χ3v) is 9.40. The second-order valence-electron chi connectivity index (χ2n) is 10.5. The van der Waals surface area contributed by atoms with Crippen LogP contribution in [0.3, 0.4) is 0 Å². The standard InChI is InChI=1S/C24H39NO/c1-23-13-11-17(6-4-3-5-15-25)16-18(23)7-8-19-20-9-10-22(26)24(20,2)14-12-21(19)23/h4,6,17-21H,3,5,7-16,25H2,1-2H3/t17-,18?,19?,20?,21?,23+,24+/m1/s1. The summed E-state index contributed by atoms with van der Waals surface area (Å²) in [5.41, 5.74) is 6.19. The van der Waals surface area contributed by atoms with Crippen molar-refractivity contribution in [3.05, 3.63) is 12.2 Å². The average Bonchev–Trinajstić information content (AvgIpc) is 2.94. The summed E-state index contributed by atoms with van der Waals surface area (Å²) < 4.78 is 0. The number of nitrogens with two attached hydrogens (primary N) is 1. The van der Waals surface area contributed by atoms with Gasteiger partial charge in [-0.3, -0.25) is 4.79 Å². The van der Waals surface area contributed by atoms with Crippen molar-refractivity contribution >= 4 is 5.78 Å². The zero-order valence-corrected chi connectivity index (χ0v) is 17.0. The number of Topliss-reactive ketones (excluding diaryl/α,β-unsaturated/α-hetero) is 1. The van der Waals surface area contributed by atoms with Gasteiger partial charge in [0.25, 0.3) is 0 Å². The van der Waals surface area contributed by atoms with Gasteiger partial charge in [-0.15, -0.1) is 0 Å². The van der Waals surface area contributed by atoms with Crippen LogP contribution >= 0.6 is 0 Å². The van der Waals surface area contributed by atoms with Crippen LogP contribution in [0.1, 0.15) is 84.5 Å². The first-order chi connectivity index (χ1) is 12.5. The summed E-state index contributed by atoms with van der Waals surface area (Å²) in [6.07, 6.45) is 18.7. The highest BCUT2D eigenvalue weighted by atomic mass is 16.1. The van der Waals surface area contributed by atoms with Crippen molar-refractivity contribution in [3.63, 3.8) is 0 Å². The summed E-state index contributed by atoms with van der Waals surface area (Å²) in [5.74, 6) is 4.69. The Hall–Kier alpha value is -0.630. The van der Waals surface area contributed by atoms with Gasteiger partial charge in [0.2, 0.25) is 0 Å². The van der Waals surface area contributed by atoms with E-state index in [-0.39, 0.29) is 5.41 Å². The van der Waals surface area contributed by atoms with Crippen LogP contribution in [-0.4, -0.2) is 12.3 Å². The normalized spacial score (nSPS) is 48.3. The quantitative estimate of drug-likeness (QED) is 0.532. The maximum atomic E-state index is 12.5. The van der Waals surface area contributed by atoms with Crippen molar-refractivity contribution in [1.29, 1.82) is 0 Å². The topological polar surface area (TPSA) is 43.1 Å². The number of hydrogen-bond acceptors (Lipinski definition) is 2. The smallest absolute Gasteiger partial charge is 0.139 e. The molecule has 0 aromatic rings. The van der Waals surface area contributed by atoms with Gasteiger partial charge in [0.15, 0.2) is 0 Å². The number of allylic oxidation sites excluding steroid dienone is 2. The SMILES string of the molecule is C[C@]12CC[C@@H](C=CCCCN)CC1CCC1C2CC[C@]2(C)C(=O)CCC12. The number of carbonyl (C=O) groups is 1. The van der Waals surface area contributed by atoms with E-state index < -0.39 is 0 Å². The molecule has 146 valence electrons. The molecule has 4 rings (SSSR count). The van der Waals surface area contributed by atoms with Crippen LogP contribution in [0.5, 0.6) is 0 Å². The zero-order valence-electron chi connectivity index (χ0n) is 17.0. The highest BCUT2D eigenvalue weighted by Crippen LogP contribution is 2.65. The number of rotatable bonds is 4. The third-order valence-electron chi connectivity index (χ3n) is 9.40. The fraction of sp³-hybridized carbons (Fsp3) is 0.875. The van der Waals surface area contributed by atoms with Gasteiger partial charge in [-0.25, -0.2) is 0 Å². The zero-order chi connectivity index (χ0) is 18.4. The predicted octanol–water partition coefficient (Wildman–Crippen LogP) is 5.51. The molecule has 7 atom stereocenters. The summed E-state index contributed by atoms with van der Waals surface area (Å²) in [5, 5.41) is 0. The first-order valence-corrected chi connectivity index (χ1v) is 11.4. The van der Waals surface area contributed by atoms with Gasteiger partial charge in [0, 0.05) is 11.8 Å². The molecule has 4 saturated carbocycles. The van der Waals surface area contributed by atoms with Crippen molar-refractivity contribution in [2.24, 2.45) is 46.2 Å². The summed E-state index contributed by atoms with van der Waals surface area (Å²) >= 11 is 0. The molecule has 2 N–H and O–H groups in total. The number of ketones is 1. The van der Waals surface area contributed by atoms with E-state index in [4.69, 9.17) is 5.73 Å². The molecule has 4 aliphatic rings. The molecule has 2 heteroatoms. The highest BCUT2D eigenvalue weighted by molar-refractivity contribution is 5.87. The van der Waals surface area contributed by atoms with Crippen LogP contribution in [0.4, 0.5) is 0 Å². The van der Waals surface area contributed by atoms with Crippen molar-refractivity contribution in [2.45, 2.75) is 84.5 Å². The minimum Gasteiger partial charge on any atom is -0.330 e. The molecule has 0 aliphatic heterocycles. The summed E-state index contributed by atoms with van der Waals surface area (Å²) in [6, 6.07) is 0. The average molecular weight is 358 g/mol. The third kappa shape index (κ3) is 2.91. The Bertz CT molecular complexity index is 569. The summed E-state index contributed by atoms with van der Waals surface area (Å²) in [7, 11) is 0. The lowest BCUT2D eigenvalue weighted by Crippen LogP contribution is -2.53. The second kappa shape index (κ2) is 7.08. The van der Waals surface area contributed by atoms with E-state index in [9.17, 15) is 4.79 Å². The Morgan fingerprint density at radius 3 is 2.73 bits per heavy atom. The molecule has 0 aromatic heterocycles. The van der Waals surface area contributed by atoms with Gasteiger partial charge in [-0.2, -0.15) is 0 Å². The second-order valence-corrected chi connectivity index (χ2v) is 10.5. The molecule has 4 fully saturated rings. The minimum absolute atomic E-state index is 0.0350. The van der Waals surface area contributed by atoms with Crippen LogP contribution < -0.4 is 5.73 Å². The van der Waals surface area contributed by atoms with Gasteiger partial charge in [-0.1, -0.05) is 26.0 Å². The van der Waals surface area contributed by atoms with E-state index in [1.54, 1.807) is 0 Å². The number of fused-ring (bicyclic) bond motifs is 5. The van der Waals surface area contributed by atoms with Gasteiger partial charge in [0.1, 0.15) is 5.78 Å². The molecule has 0 aromatic carbocycles. The Morgan fingerprint density at radius 1 is 1.08 bits per heavy atom. The largest absolute Gasteiger partial charge is 0.330 e. The van der Waals surface area contributed by atoms with E-state index in [0.717, 1.165) is 49.5 Å². The molecular formula is C24H39NO. The fourth-order valence-corrected chi connectivity index (χ4v) is 7.76. The number of hydrogen-bond donors (Lipinski definition) is 1. The Labute approximate surface area is 160 Å². The minimum atomic E-state index is 0.0350. The Kier molecular flexibility index (Phi) is 5.09. The molecule has 4 unspecified atom stereocenters. The number of unbranched alkanes of at least 4 members (excludes halogenated alkanes) is 1. The van der Waals surface area contributed by atoms with Crippen LogP contribution in [0.15, 0.2) is 12.2 Å².